The summed E-state index contributed by atoms with van der Waals surface area (Å²) >= 11 is 1.43. The number of thiophene rings is 1. The highest BCUT2D eigenvalue weighted by atomic mass is 32.1. The van der Waals surface area contributed by atoms with E-state index in [0.717, 1.165) is 44.4 Å². The maximum absolute atomic E-state index is 13.2. The van der Waals surface area contributed by atoms with E-state index in [2.05, 4.69) is 10.2 Å². The molecule has 2 aliphatic rings. The number of hydrogen-bond donors (Lipinski definition) is 1. The van der Waals surface area contributed by atoms with Gasteiger partial charge in [-0.2, -0.15) is 0 Å². The van der Waals surface area contributed by atoms with Crippen molar-refractivity contribution in [2.75, 3.05) is 24.6 Å². The number of aromatic nitrogens is 2. The van der Waals surface area contributed by atoms with Crippen molar-refractivity contribution in [3.8, 4) is 0 Å². The molecular formula is C21H30N4O4S. The fourth-order valence-electron chi connectivity index (χ4n) is 4.08. The quantitative estimate of drug-likeness (QED) is 0.796. The van der Waals surface area contributed by atoms with Crippen molar-refractivity contribution < 1.29 is 14.3 Å². The van der Waals surface area contributed by atoms with E-state index < -0.39 is 11.7 Å². The molecule has 0 bridgehead atoms. The molecule has 2 saturated heterocycles. The number of rotatable bonds is 4. The lowest BCUT2D eigenvalue weighted by Gasteiger charge is -2.35. The van der Waals surface area contributed by atoms with Crippen LogP contribution in [0.2, 0.25) is 0 Å². The normalized spacial score (nSPS) is 22.4. The molecule has 0 radical (unpaired) electrons. The number of hydrogen-bond acceptors (Lipinski definition) is 7. The number of alkyl carbamates (subject to hydrolysis) is 1. The summed E-state index contributed by atoms with van der Waals surface area (Å²) in [4.78, 5) is 32.4. The molecule has 8 nitrogen and oxygen atoms in total. The Bertz CT molecular complexity index is 958. The summed E-state index contributed by atoms with van der Waals surface area (Å²) in [6.45, 7) is 8.19. The molecule has 1 amide bonds. The average molecular weight is 435 g/mol. The summed E-state index contributed by atoms with van der Waals surface area (Å²) in [6.07, 6.45) is 3.38. The van der Waals surface area contributed by atoms with E-state index in [-0.39, 0.29) is 17.7 Å². The van der Waals surface area contributed by atoms with Gasteiger partial charge < -0.3 is 19.7 Å². The van der Waals surface area contributed by atoms with E-state index in [9.17, 15) is 9.59 Å². The maximum Gasteiger partial charge on any atom is 0.407 e. The minimum Gasteiger partial charge on any atom is -0.444 e. The van der Waals surface area contributed by atoms with E-state index in [0.29, 0.717) is 23.7 Å². The van der Waals surface area contributed by atoms with Crippen molar-refractivity contribution in [1.29, 1.82) is 0 Å². The number of nitrogens with zero attached hydrogens (tertiary/aromatic N) is 3. The Balaban J connectivity index is 1.58. The van der Waals surface area contributed by atoms with Crippen LogP contribution in [0.5, 0.6) is 0 Å². The van der Waals surface area contributed by atoms with Crippen molar-refractivity contribution in [2.45, 2.75) is 70.7 Å². The first-order valence-electron chi connectivity index (χ1n) is 10.6. The van der Waals surface area contributed by atoms with Gasteiger partial charge in [0.1, 0.15) is 10.3 Å². The second-order valence-corrected chi connectivity index (χ2v) is 9.95. The van der Waals surface area contributed by atoms with E-state index in [1.54, 1.807) is 4.57 Å². The zero-order chi connectivity index (χ0) is 21.3. The molecule has 164 valence electrons. The Kier molecular flexibility index (Phi) is 6.02. The van der Waals surface area contributed by atoms with Gasteiger partial charge in [0.2, 0.25) is 5.95 Å². The number of ether oxygens (including phenoxy) is 2. The highest BCUT2D eigenvalue weighted by Gasteiger charge is 2.28. The first-order chi connectivity index (χ1) is 14.3. The molecule has 2 unspecified atom stereocenters. The molecule has 0 aliphatic carbocycles. The summed E-state index contributed by atoms with van der Waals surface area (Å²) < 4.78 is 13.6. The molecule has 30 heavy (non-hydrogen) atoms. The highest BCUT2D eigenvalue weighted by molar-refractivity contribution is 7.17. The van der Waals surface area contributed by atoms with Crippen LogP contribution in [0.4, 0.5) is 10.7 Å². The Morgan fingerprint density at radius 2 is 2.20 bits per heavy atom. The Hall–Kier alpha value is -2.13. The lowest BCUT2D eigenvalue weighted by Crippen LogP contribution is -2.50. The van der Waals surface area contributed by atoms with Gasteiger partial charge in [-0.25, -0.2) is 9.78 Å². The third kappa shape index (κ3) is 4.78. The lowest BCUT2D eigenvalue weighted by atomic mass is 10.1. The topological polar surface area (TPSA) is 85.7 Å². The molecule has 1 N–H and O–H groups in total. The van der Waals surface area contributed by atoms with Crippen LogP contribution < -0.4 is 15.8 Å². The van der Waals surface area contributed by atoms with Gasteiger partial charge >= 0.3 is 6.09 Å². The van der Waals surface area contributed by atoms with Gasteiger partial charge in [0, 0.05) is 25.7 Å². The van der Waals surface area contributed by atoms with Gasteiger partial charge in [-0.05, 0) is 57.9 Å². The molecule has 2 atom stereocenters. The molecule has 2 fully saturated rings. The monoisotopic (exact) mass is 434 g/mol. The molecule has 0 spiro atoms. The molecule has 9 heteroatoms. The highest BCUT2D eigenvalue weighted by Crippen LogP contribution is 2.24. The standard InChI is InChI=1S/C21H30N4O4S/c1-21(2,3)29-20(27)22-14-6-4-9-24(12-14)19-23-16-8-11-30-17(16)18(26)25(19)13-15-7-5-10-28-15/h8,11,14-15H,4-7,9-10,12-13H2,1-3H3,(H,22,27). The molecule has 2 aromatic rings. The molecule has 2 aromatic heterocycles. The smallest absolute Gasteiger partial charge is 0.407 e. The van der Waals surface area contributed by atoms with E-state index in [1.807, 2.05) is 32.2 Å². The van der Waals surface area contributed by atoms with Crippen LogP contribution >= 0.6 is 11.3 Å². The maximum atomic E-state index is 13.2. The van der Waals surface area contributed by atoms with Crippen LogP contribution in [0, 0.1) is 0 Å². The van der Waals surface area contributed by atoms with Gasteiger partial charge in [-0.3, -0.25) is 9.36 Å². The Morgan fingerprint density at radius 3 is 2.93 bits per heavy atom. The molecule has 4 rings (SSSR count). The molecule has 4 heterocycles. The molecule has 0 saturated carbocycles. The van der Waals surface area contributed by atoms with Crippen LogP contribution in [0.25, 0.3) is 10.2 Å². The van der Waals surface area contributed by atoms with Crippen LogP contribution in [-0.2, 0) is 16.0 Å². The van der Waals surface area contributed by atoms with Crippen molar-refractivity contribution >= 4 is 33.6 Å². The van der Waals surface area contributed by atoms with Crippen LogP contribution in [0.15, 0.2) is 16.2 Å². The van der Waals surface area contributed by atoms with Crippen LogP contribution in [0.3, 0.4) is 0 Å². The first-order valence-corrected chi connectivity index (χ1v) is 11.5. The van der Waals surface area contributed by atoms with Gasteiger partial charge in [-0.15, -0.1) is 11.3 Å². The number of carbonyl (C=O) groups excluding carboxylic acids is 1. The van der Waals surface area contributed by atoms with Crippen LogP contribution in [-0.4, -0.2) is 53.1 Å². The summed E-state index contributed by atoms with van der Waals surface area (Å²) in [5.41, 5.74) is 0.180. The minimum atomic E-state index is -0.536. The largest absolute Gasteiger partial charge is 0.444 e. The number of nitrogens with one attached hydrogen (secondary N) is 1. The van der Waals surface area contributed by atoms with Crippen molar-refractivity contribution in [1.82, 2.24) is 14.9 Å². The summed E-state index contributed by atoms with van der Waals surface area (Å²) in [5.74, 6) is 0.664. The zero-order valence-corrected chi connectivity index (χ0v) is 18.7. The zero-order valence-electron chi connectivity index (χ0n) is 17.8. The molecular weight excluding hydrogens is 404 g/mol. The third-order valence-electron chi connectivity index (χ3n) is 5.38. The van der Waals surface area contributed by atoms with E-state index in [4.69, 9.17) is 14.5 Å². The SMILES string of the molecule is CC(C)(C)OC(=O)NC1CCCN(c2nc3ccsc3c(=O)n2CC2CCCO2)C1. The summed E-state index contributed by atoms with van der Waals surface area (Å²) in [7, 11) is 0. The van der Waals surface area contributed by atoms with E-state index >= 15 is 0 Å². The van der Waals surface area contributed by atoms with Gasteiger partial charge in [0.15, 0.2) is 0 Å². The third-order valence-corrected chi connectivity index (χ3v) is 6.27. The van der Waals surface area contributed by atoms with Gasteiger partial charge in [-0.1, -0.05) is 0 Å². The summed E-state index contributed by atoms with van der Waals surface area (Å²) in [5, 5.41) is 4.88. The second kappa shape index (κ2) is 8.55. The van der Waals surface area contributed by atoms with Gasteiger partial charge in [0.25, 0.3) is 5.56 Å². The van der Waals surface area contributed by atoms with Gasteiger partial charge in [0.05, 0.1) is 18.2 Å². The predicted octanol–water partition coefficient (Wildman–Crippen LogP) is 3.13. The Labute approximate surface area is 180 Å². The van der Waals surface area contributed by atoms with Crippen molar-refractivity contribution in [3.63, 3.8) is 0 Å². The number of carbonyl (C=O) groups is 1. The first kappa shape index (κ1) is 21.1. The second-order valence-electron chi connectivity index (χ2n) is 9.03. The number of anilines is 1. The lowest BCUT2D eigenvalue weighted by molar-refractivity contribution is 0.0499. The molecule has 2 aliphatic heterocycles. The van der Waals surface area contributed by atoms with E-state index in [1.165, 1.54) is 11.3 Å². The number of piperidine rings is 1. The molecule has 0 aromatic carbocycles. The predicted molar refractivity (Wildman–Crippen MR) is 117 cm³/mol. The average Bonchev–Trinajstić information content (AvgIpc) is 3.34. The number of amides is 1. The van der Waals surface area contributed by atoms with Crippen molar-refractivity contribution in [2.24, 2.45) is 0 Å². The minimum absolute atomic E-state index is 0.0114. The van der Waals surface area contributed by atoms with Crippen molar-refractivity contribution in [3.05, 3.63) is 21.8 Å². The fraction of sp³-hybridized carbons (Fsp3) is 0.667. The Morgan fingerprint density at radius 1 is 1.37 bits per heavy atom. The summed E-state index contributed by atoms with van der Waals surface area (Å²) in [6, 6.07) is 1.83. The number of fused-ring (bicyclic) bond motifs is 1. The fourth-order valence-corrected chi connectivity index (χ4v) is 4.86. The van der Waals surface area contributed by atoms with Crippen LogP contribution in [0.1, 0.15) is 46.5 Å².